The fraction of sp³-hybridized carbons (Fsp3) is 0.350. The molecule has 0 saturated heterocycles. The summed E-state index contributed by atoms with van der Waals surface area (Å²) in [5, 5.41) is 0. The van der Waals surface area contributed by atoms with Gasteiger partial charge in [-0.1, -0.05) is 13.0 Å². The Hall–Kier alpha value is -3.03. The molecule has 0 N–H and O–H groups in total. The van der Waals surface area contributed by atoms with Crippen LogP contribution in [0.5, 0.6) is 0 Å². The van der Waals surface area contributed by atoms with Gasteiger partial charge in [-0.2, -0.15) is 0 Å². The van der Waals surface area contributed by atoms with Crippen molar-refractivity contribution in [2.24, 2.45) is 7.05 Å². The van der Waals surface area contributed by atoms with Crippen molar-refractivity contribution in [2.75, 3.05) is 24.9 Å². The van der Waals surface area contributed by atoms with Gasteiger partial charge in [-0.25, -0.2) is 29.3 Å². The van der Waals surface area contributed by atoms with Crippen LogP contribution in [0.15, 0.2) is 30.7 Å². The Bertz CT molecular complexity index is 1230. The van der Waals surface area contributed by atoms with E-state index in [0.29, 0.717) is 23.5 Å². The number of halogens is 1. The van der Waals surface area contributed by atoms with E-state index in [4.69, 9.17) is 6.57 Å². The van der Waals surface area contributed by atoms with Gasteiger partial charge in [0.25, 0.3) is 6.67 Å². The molecule has 0 fully saturated rings. The van der Waals surface area contributed by atoms with Crippen LogP contribution in [0.4, 0.5) is 15.9 Å². The molecule has 0 saturated carbocycles. The first kappa shape index (κ1) is 21.7. The topological polar surface area (TPSA) is 75.7 Å². The Kier molecular flexibility index (Phi) is 6.05. The summed E-state index contributed by atoms with van der Waals surface area (Å²) in [7, 11) is 0.0393. The molecule has 0 radical (unpaired) electrons. The van der Waals surface area contributed by atoms with Gasteiger partial charge in [-0.05, 0) is 23.6 Å². The molecule has 0 atom stereocenters. The van der Waals surface area contributed by atoms with Gasteiger partial charge >= 0.3 is 0 Å². The molecule has 0 aliphatic carbocycles. The SMILES string of the molecule is [C-]#[N+]CN(Cc1cc(F)c(N(C)c2cc3c(cn2)ncn3C)c(CC)c1)S(C)(=O)=O. The van der Waals surface area contributed by atoms with Crippen LogP contribution in [0.2, 0.25) is 0 Å². The van der Waals surface area contributed by atoms with E-state index in [2.05, 4.69) is 14.8 Å². The smallest absolute Gasteiger partial charge is 0.283 e. The van der Waals surface area contributed by atoms with Crippen molar-refractivity contribution in [1.29, 1.82) is 0 Å². The van der Waals surface area contributed by atoms with Crippen molar-refractivity contribution in [1.82, 2.24) is 18.8 Å². The summed E-state index contributed by atoms with van der Waals surface area (Å²) in [6, 6.07) is 4.94. The lowest BCUT2D eigenvalue weighted by atomic mass is 10.0. The molecule has 2 aromatic heterocycles. The molecule has 0 aliphatic rings. The zero-order chi connectivity index (χ0) is 22.1. The first-order valence-electron chi connectivity index (χ1n) is 9.26. The number of anilines is 2. The first-order valence-corrected chi connectivity index (χ1v) is 11.1. The number of pyridine rings is 1. The molecular formula is C20H23FN6O2S. The Labute approximate surface area is 175 Å². The third-order valence-corrected chi connectivity index (χ3v) is 6.10. The predicted molar refractivity (Wildman–Crippen MR) is 114 cm³/mol. The second-order valence-corrected chi connectivity index (χ2v) is 9.04. The number of nitrogens with zero attached hydrogens (tertiary/aromatic N) is 6. The van der Waals surface area contributed by atoms with Gasteiger partial charge in [-0.15, -0.1) is 4.31 Å². The number of aromatic nitrogens is 3. The highest BCUT2D eigenvalue weighted by atomic mass is 32.2. The maximum atomic E-state index is 15.2. The minimum Gasteiger partial charge on any atom is -0.334 e. The van der Waals surface area contributed by atoms with E-state index in [1.807, 2.05) is 24.6 Å². The average molecular weight is 431 g/mol. The van der Waals surface area contributed by atoms with Crippen LogP contribution in [0.25, 0.3) is 15.9 Å². The monoisotopic (exact) mass is 430 g/mol. The molecule has 158 valence electrons. The van der Waals surface area contributed by atoms with Gasteiger partial charge in [0.1, 0.15) is 17.2 Å². The van der Waals surface area contributed by atoms with E-state index in [-0.39, 0.29) is 13.2 Å². The van der Waals surface area contributed by atoms with Crippen LogP contribution in [-0.2, 0) is 30.0 Å². The highest BCUT2D eigenvalue weighted by Crippen LogP contribution is 2.32. The van der Waals surface area contributed by atoms with Crippen LogP contribution in [0.3, 0.4) is 0 Å². The molecule has 0 bridgehead atoms. The maximum absolute atomic E-state index is 15.2. The van der Waals surface area contributed by atoms with Crippen molar-refractivity contribution in [3.8, 4) is 0 Å². The quantitative estimate of drug-likeness (QED) is 0.539. The lowest BCUT2D eigenvalue weighted by Gasteiger charge is -2.23. The summed E-state index contributed by atoms with van der Waals surface area (Å²) in [6.45, 7) is 8.51. The van der Waals surface area contributed by atoms with E-state index in [9.17, 15) is 8.42 Å². The summed E-state index contributed by atoms with van der Waals surface area (Å²) in [5.41, 5.74) is 3.22. The summed E-state index contributed by atoms with van der Waals surface area (Å²) in [6.07, 6.45) is 4.92. The molecule has 0 unspecified atom stereocenters. The summed E-state index contributed by atoms with van der Waals surface area (Å²) >= 11 is 0. The molecule has 30 heavy (non-hydrogen) atoms. The fourth-order valence-electron chi connectivity index (χ4n) is 3.33. The largest absolute Gasteiger partial charge is 0.334 e. The van der Waals surface area contributed by atoms with Crippen molar-refractivity contribution in [2.45, 2.75) is 19.9 Å². The maximum Gasteiger partial charge on any atom is 0.283 e. The zero-order valence-electron chi connectivity index (χ0n) is 17.3. The molecule has 0 amide bonds. The normalized spacial score (nSPS) is 11.8. The number of imidazole rings is 1. The van der Waals surface area contributed by atoms with E-state index >= 15 is 4.39 Å². The van der Waals surface area contributed by atoms with Crippen molar-refractivity contribution in [3.05, 3.63) is 59.1 Å². The number of aryl methyl sites for hydroxylation is 2. The predicted octanol–water partition coefficient (Wildman–Crippen LogP) is 3.08. The molecule has 0 spiro atoms. The lowest BCUT2D eigenvalue weighted by Crippen LogP contribution is -2.29. The van der Waals surface area contributed by atoms with E-state index in [1.165, 1.54) is 6.07 Å². The second kappa shape index (κ2) is 8.38. The van der Waals surface area contributed by atoms with E-state index < -0.39 is 15.8 Å². The molecule has 10 heteroatoms. The molecule has 3 rings (SSSR count). The van der Waals surface area contributed by atoms with Gasteiger partial charge in [-0.3, -0.25) is 4.85 Å². The average Bonchev–Trinajstić information content (AvgIpc) is 3.06. The van der Waals surface area contributed by atoms with Crippen molar-refractivity contribution < 1.29 is 12.8 Å². The number of hydrogen-bond acceptors (Lipinski definition) is 5. The number of hydrogen-bond donors (Lipinski definition) is 0. The van der Waals surface area contributed by atoms with Crippen molar-refractivity contribution >= 4 is 32.6 Å². The van der Waals surface area contributed by atoms with E-state index in [0.717, 1.165) is 27.2 Å². The third kappa shape index (κ3) is 4.27. The summed E-state index contributed by atoms with van der Waals surface area (Å²) in [5.74, 6) is 0.0910. The minimum absolute atomic E-state index is 0.0612. The molecular weight excluding hydrogens is 407 g/mol. The van der Waals surface area contributed by atoms with Gasteiger partial charge in [0, 0.05) is 26.7 Å². The van der Waals surface area contributed by atoms with Gasteiger partial charge in [0.2, 0.25) is 10.0 Å². The van der Waals surface area contributed by atoms with Crippen LogP contribution in [0.1, 0.15) is 18.1 Å². The molecule has 8 nitrogen and oxygen atoms in total. The Balaban J connectivity index is 2.00. The van der Waals surface area contributed by atoms with Crippen LogP contribution in [-0.4, -0.2) is 47.2 Å². The van der Waals surface area contributed by atoms with Gasteiger partial charge in [0.15, 0.2) is 0 Å². The molecule has 0 aliphatic heterocycles. The van der Waals surface area contributed by atoms with Crippen LogP contribution in [0, 0.1) is 12.4 Å². The zero-order valence-corrected chi connectivity index (χ0v) is 18.1. The Morgan fingerprint density at radius 2 is 2.00 bits per heavy atom. The van der Waals surface area contributed by atoms with Crippen molar-refractivity contribution in [3.63, 3.8) is 0 Å². The fourth-order valence-corrected chi connectivity index (χ4v) is 3.98. The number of sulfonamides is 1. The second-order valence-electron chi connectivity index (χ2n) is 7.06. The Morgan fingerprint density at radius 1 is 1.27 bits per heavy atom. The summed E-state index contributed by atoms with van der Waals surface area (Å²) in [4.78, 5) is 13.5. The lowest BCUT2D eigenvalue weighted by molar-refractivity contribution is 0.440. The van der Waals surface area contributed by atoms with E-state index in [1.54, 1.807) is 30.5 Å². The number of rotatable bonds is 7. The molecule has 1 aromatic carbocycles. The minimum atomic E-state index is -3.58. The highest BCUT2D eigenvalue weighted by molar-refractivity contribution is 7.88. The van der Waals surface area contributed by atoms with Gasteiger partial charge in [0.05, 0.1) is 30.0 Å². The number of fused-ring (bicyclic) bond motifs is 1. The van der Waals surface area contributed by atoms with Crippen LogP contribution < -0.4 is 4.90 Å². The standard InChI is InChI=1S/C20H23FN6O2S/c1-6-15-7-14(11-27(12-22-2)30(5,28)29)8-16(21)20(15)26(4)19-9-18-17(10-23-19)24-13-25(18)3/h7-10,13H,6,11-12H2,1,3-5H3. The molecule has 3 aromatic rings. The number of benzene rings is 1. The first-order chi connectivity index (χ1) is 14.2. The molecule has 2 heterocycles. The summed E-state index contributed by atoms with van der Waals surface area (Å²) < 4.78 is 41.9. The highest BCUT2D eigenvalue weighted by Gasteiger charge is 2.22. The third-order valence-electron chi connectivity index (χ3n) is 4.92. The Morgan fingerprint density at radius 3 is 2.63 bits per heavy atom. The van der Waals surface area contributed by atoms with Gasteiger partial charge < -0.3 is 9.47 Å². The van der Waals surface area contributed by atoms with Crippen LogP contribution >= 0.6 is 0 Å².